The summed E-state index contributed by atoms with van der Waals surface area (Å²) in [7, 11) is -8.04. The standard InChI is InChI=1S/C23H25N3O3S.2C7H8O3S/c24-18-20(27)26-19(22(28)29-15-16-7-3-1-4-8-16)23(30-21(18)26)11-13-25(14-12-23)17-9-5-2-6-10-17;2*1-6-2-4-7(5-3-6)11(8,9)10/h1-10,18-19,21H,11-15,24H2;2*2-5H,1H3,(H,8,9,10)/t18?,19?,21-;;/m1../s1. The van der Waals surface area contributed by atoms with Gasteiger partial charge in [0.15, 0.2) is 0 Å². The number of thioether (sulfide) groups is 1. The lowest BCUT2D eigenvalue weighted by Gasteiger charge is -2.44. The van der Waals surface area contributed by atoms with Crippen molar-refractivity contribution in [2.45, 2.75) is 65.3 Å². The number of aryl methyl sites for hydroxylation is 2. The highest BCUT2D eigenvalue weighted by molar-refractivity contribution is 8.01. The van der Waals surface area contributed by atoms with Crippen LogP contribution >= 0.6 is 11.8 Å². The SMILES string of the molecule is Cc1ccc(S(=O)(=O)O)cc1.Cc1ccc(S(=O)(=O)O)cc1.NC1C(=O)N2C(C(=O)OCc3ccccc3)C3(CCN(c4ccccc4)CC3)S[C@H]12. The van der Waals surface area contributed by atoms with Gasteiger partial charge in [0.2, 0.25) is 5.91 Å². The zero-order valence-corrected chi connectivity index (χ0v) is 31.1. The van der Waals surface area contributed by atoms with Gasteiger partial charge in [-0.3, -0.25) is 13.9 Å². The molecule has 3 aliphatic rings. The Balaban J connectivity index is 0.000000194. The van der Waals surface area contributed by atoms with E-state index in [0.29, 0.717) is 0 Å². The lowest BCUT2D eigenvalue weighted by atomic mass is 9.85. The van der Waals surface area contributed by atoms with E-state index in [1.807, 2.05) is 62.4 Å². The average molecular weight is 768 g/mol. The minimum Gasteiger partial charge on any atom is -0.459 e. The van der Waals surface area contributed by atoms with Crippen LogP contribution in [0.3, 0.4) is 0 Å². The summed E-state index contributed by atoms with van der Waals surface area (Å²) in [5.74, 6) is -0.459. The van der Waals surface area contributed by atoms with Gasteiger partial charge in [0.25, 0.3) is 20.2 Å². The van der Waals surface area contributed by atoms with E-state index in [1.165, 1.54) is 30.0 Å². The van der Waals surface area contributed by atoms with Crippen LogP contribution in [0.2, 0.25) is 0 Å². The van der Waals surface area contributed by atoms with Gasteiger partial charge in [-0.1, -0.05) is 83.9 Å². The molecule has 3 atom stereocenters. The highest BCUT2D eigenvalue weighted by atomic mass is 32.2. The Morgan fingerprint density at radius 3 is 1.71 bits per heavy atom. The Morgan fingerprint density at radius 2 is 1.25 bits per heavy atom. The highest BCUT2D eigenvalue weighted by Gasteiger charge is 2.66. The third kappa shape index (κ3) is 9.21. The van der Waals surface area contributed by atoms with Crippen LogP contribution < -0.4 is 10.6 Å². The van der Waals surface area contributed by atoms with Crippen LogP contribution in [0.25, 0.3) is 0 Å². The molecular formula is C37H41N3O9S3. The van der Waals surface area contributed by atoms with Gasteiger partial charge in [-0.05, 0) is 68.7 Å². The fraction of sp³-hybridized carbons (Fsp3) is 0.297. The van der Waals surface area contributed by atoms with E-state index in [4.69, 9.17) is 19.6 Å². The molecule has 3 saturated heterocycles. The number of carbonyl (C=O) groups is 2. The molecule has 4 aromatic carbocycles. The van der Waals surface area contributed by atoms with Crippen LogP contribution in [0.15, 0.2) is 119 Å². The van der Waals surface area contributed by atoms with Crippen molar-refractivity contribution in [2.24, 2.45) is 5.73 Å². The van der Waals surface area contributed by atoms with Crippen LogP contribution in [0.1, 0.15) is 29.5 Å². The number of carbonyl (C=O) groups excluding carboxylic acids is 2. The number of fused-ring (bicyclic) bond motifs is 1. The predicted octanol–water partition coefficient (Wildman–Crippen LogP) is 4.86. The number of anilines is 1. The van der Waals surface area contributed by atoms with Crippen molar-refractivity contribution in [1.29, 1.82) is 0 Å². The summed E-state index contributed by atoms with van der Waals surface area (Å²) < 4.78 is 64.4. The molecule has 1 amide bonds. The molecule has 4 N–H and O–H groups in total. The average Bonchev–Trinajstić information content (AvgIpc) is 3.42. The zero-order chi connectivity index (χ0) is 37.7. The van der Waals surface area contributed by atoms with Crippen LogP contribution in [-0.2, 0) is 41.2 Å². The zero-order valence-electron chi connectivity index (χ0n) is 28.6. The molecule has 4 aromatic rings. The first kappa shape index (κ1) is 39.0. The molecule has 0 bridgehead atoms. The van der Waals surface area contributed by atoms with Crippen molar-refractivity contribution in [3.63, 3.8) is 0 Å². The first-order chi connectivity index (χ1) is 24.6. The Morgan fingerprint density at radius 1 is 0.788 bits per heavy atom. The molecule has 0 radical (unpaired) electrons. The molecule has 15 heteroatoms. The smallest absolute Gasteiger partial charge is 0.330 e. The molecule has 276 valence electrons. The Kier molecular flexibility index (Phi) is 12.1. The quantitative estimate of drug-likeness (QED) is 0.138. The predicted molar refractivity (Wildman–Crippen MR) is 199 cm³/mol. The molecule has 0 aromatic heterocycles. The summed E-state index contributed by atoms with van der Waals surface area (Å²) in [5, 5.41) is -0.130. The number of benzene rings is 4. The molecule has 3 aliphatic heterocycles. The molecule has 2 unspecified atom stereocenters. The molecule has 7 rings (SSSR count). The topological polar surface area (TPSA) is 185 Å². The summed E-state index contributed by atoms with van der Waals surface area (Å²) in [6, 6.07) is 30.8. The minimum absolute atomic E-state index is 0.0666. The molecule has 52 heavy (non-hydrogen) atoms. The van der Waals surface area contributed by atoms with Crippen LogP contribution in [0.4, 0.5) is 5.69 Å². The van der Waals surface area contributed by atoms with Gasteiger partial charge in [-0.2, -0.15) is 16.8 Å². The number of esters is 1. The first-order valence-electron chi connectivity index (χ1n) is 16.4. The fourth-order valence-corrected chi connectivity index (χ4v) is 9.00. The molecular weight excluding hydrogens is 727 g/mol. The van der Waals surface area contributed by atoms with Crippen molar-refractivity contribution >= 4 is 49.6 Å². The molecule has 0 saturated carbocycles. The fourth-order valence-electron chi connectivity index (χ4n) is 6.20. The summed E-state index contributed by atoms with van der Waals surface area (Å²) in [6.45, 7) is 5.57. The number of piperidine rings is 1. The van der Waals surface area contributed by atoms with E-state index in [2.05, 4.69) is 17.0 Å². The number of nitrogens with zero attached hydrogens (tertiary/aromatic N) is 2. The van der Waals surface area contributed by atoms with Gasteiger partial charge in [0, 0.05) is 18.8 Å². The van der Waals surface area contributed by atoms with E-state index in [-0.39, 0.29) is 38.4 Å². The molecule has 1 spiro atoms. The van der Waals surface area contributed by atoms with E-state index in [0.717, 1.165) is 42.6 Å². The third-order valence-electron chi connectivity index (χ3n) is 9.07. The molecule has 12 nitrogen and oxygen atoms in total. The summed E-state index contributed by atoms with van der Waals surface area (Å²) in [4.78, 5) is 29.6. The summed E-state index contributed by atoms with van der Waals surface area (Å²) in [6.07, 6.45) is 1.62. The maximum atomic E-state index is 13.2. The monoisotopic (exact) mass is 767 g/mol. The number of hydrogen-bond donors (Lipinski definition) is 3. The number of nitrogens with two attached hydrogens (primary N) is 1. The van der Waals surface area contributed by atoms with Gasteiger partial charge in [0.05, 0.1) is 14.5 Å². The highest BCUT2D eigenvalue weighted by Crippen LogP contribution is 2.55. The van der Waals surface area contributed by atoms with Crippen molar-refractivity contribution in [3.05, 3.63) is 126 Å². The molecule has 3 fully saturated rings. The van der Waals surface area contributed by atoms with Gasteiger partial charge in [-0.25, -0.2) is 4.79 Å². The number of amides is 1. The van der Waals surface area contributed by atoms with Crippen molar-refractivity contribution in [2.75, 3.05) is 18.0 Å². The van der Waals surface area contributed by atoms with E-state index in [1.54, 1.807) is 40.9 Å². The minimum atomic E-state index is -4.02. The second kappa shape index (κ2) is 16.2. The number of β-lactam (4-membered cyclic amide) rings is 1. The van der Waals surface area contributed by atoms with Crippen LogP contribution in [0, 0.1) is 13.8 Å². The summed E-state index contributed by atoms with van der Waals surface area (Å²) >= 11 is 1.70. The lowest BCUT2D eigenvalue weighted by Crippen LogP contribution is -2.69. The number of ether oxygens (including phenoxy) is 1. The second-order valence-corrected chi connectivity index (χ2v) is 17.1. The number of para-hydroxylation sites is 1. The van der Waals surface area contributed by atoms with Gasteiger partial charge in [-0.15, -0.1) is 11.8 Å². The van der Waals surface area contributed by atoms with Crippen molar-refractivity contribution in [1.82, 2.24) is 4.90 Å². The van der Waals surface area contributed by atoms with E-state index >= 15 is 0 Å². The largest absolute Gasteiger partial charge is 0.459 e. The van der Waals surface area contributed by atoms with Crippen molar-refractivity contribution < 1.29 is 40.3 Å². The lowest BCUT2D eigenvalue weighted by molar-refractivity contribution is -0.164. The first-order valence-corrected chi connectivity index (χ1v) is 20.2. The van der Waals surface area contributed by atoms with Gasteiger partial charge >= 0.3 is 5.97 Å². The number of hydrogen-bond acceptors (Lipinski definition) is 10. The normalized spacial score (nSPS) is 20.4. The Bertz CT molecular complexity index is 1980. The van der Waals surface area contributed by atoms with Crippen molar-refractivity contribution in [3.8, 4) is 0 Å². The van der Waals surface area contributed by atoms with Crippen LogP contribution in [-0.4, -0.2) is 78.0 Å². The summed E-state index contributed by atoms with van der Waals surface area (Å²) in [5.41, 5.74) is 10.1. The van der Waals surface area contributed by atoms with E-state index in [9.17, 15) is 26.4 Å². The molecule has 0 aliphatic carbocycles. The van der Waals surface area contributed by atoms with Gasteiger partial charge < -0.3 is 20.3 Å². The third-order valence-corrected chi connectivity index (χ3v) is 12.7. The van der Waals surface area contributed by atoms with Crippen LogP contribution in [0.5, 0.6) is 0 Å². The van der Waals surface area contributed by atoms with Gasteiger partial charge in [0.1, 0.15) is 24.1 Å². The Hall–Kier alpha value is -4.25. The second-order valence-electron chi connectivity index (χ2n) is 12.7. The number of rotatable bonds is 6. The maximum absolute atomic E-state index is 13.2. The Labute approximate surface area is 308 Å². The maximum Gasteiger partial charge on any atom is 0.330 e. The molecule has 3 heterocycles. The van der Waals surface area contributed by atoms with E-state index < -0.39 is 32.3 Å².